The van der Waals surface area contributed by atoms with Gasteiger partial charge in [0.05, 0.1) is 16.2 Å². The number of rotatable bonds is 6. The van der Waals surface area contributed by atoms with Gasteiger partial charge in [-0.1, -0.05) is 12.1 Å². The molecule has 2 aliphatic heterocycles. The highest BCUT2D eigenvalue weighted by Crippen LogP contribution is 2.34. The van der Waals surface area contributed by atoms with Gasteiger partial charge in [-0.25, -0.2) is 8.42 Å². The van der Waals surface area contributed by atoms with Crippen LogP contribution in [0, 0.1) is 10.1 Å². The van der Waals surface area contributed by atoms with E-state index < -0.39 is 26.7 Å². The Morgan fingerprint density at radius 3 is 2.09 bits per heavy atom. The summed E-state index contributed by atoms with van der Waals surface area (Å²) in [5.41, 5.74) is 0.231. The molecule has 2 aromatic carbocycles. The van der Waals surface area contributed by atoms with E-state index in [1.807, 2.05) is 4.90 Å². The Morgan fingerprint density at radius 1 is 0.912 bits per heavy atom. The van der Waals surface area contributed by atoms with Crippen LogP contribution < -0.4 is 4.90 Å². The zero-order chi connectivity index (χ0) is 24.5. The van der Waals surface area contributed by atoms with Crippen LogP contribution in [-0.2, 0) is 22.7 Å². The average molecular weight is 499 g/mol. The largest absolute Gasteiger partial charge is 0.416 e. The second-order valence-corrected chi connectivity index (χ2v) is 10.4. The van der Waals surface area contributed by atoms with Gasteiger partial charge in [-0.05, 0) is 36.6 Å². The number of sulfonamides is 1. The first-order valence-corrected chi connectivity index (χ1v) is 12.4. The van der Waals surface area contributed by atoms with Crippen molar-refractivity contribution in [3.63, 3.8) is 0 Å². The summed E-state index contributed by atoms with van der Waals surface area (Å²) in [6.45, 7) is 3.38. The summed E-state index contributed by atoms with van der Waals surface area (Å²) in [7, 11) is -3.87. The Kier molecular flexibility index (Phi) is 6.83. The van der Waals surface area contributed by atoms with Crippen LogP contribution in [0.5, 0.6) is 0 Å². The van der Waals surface area contributed by atoms with Crippen molar-refractivity contribution >= 4 is 21.4 Å². The summed E-state index contributed by atoms with van der Waals surface area (Å²) >= 11 is 0. The third-order valence-corrected chi connectivity index (χ3v) is 8.17. The van der Waals surface area contributed by atoms with E-state index in [9.17, 15) is 31.7 Å². The van der Waals surface area contributed by atoms with E-state index in [4.69, 9.17) is 0 Å². The summed E-state index contributed by atoms with van der Waals surface area (Å²) in [6, 6.07) is 9.01. The topological polar surface area (TPSA) is 87.0 Å². The van der Waals surface area contributed by atoms with Gasteiger partial charge >= 0.3 is 6.18 Å². The number of benzene rings is 2. The van der Waals surface area contributed by atoms with Crippen molar-refractivity contribution in [3.8, 4) is 0 Å². The molecule has 2 fully saturated rings. The molecule has 0 aliphatic carbocycles. The monoisotopic (exact) mass is 498 g/mol. The molecule has 12 heteroatoms. The number of nitrogens with zero attached hydrogens (tertiary/aromatic N) is 4. The zero-order valence-corrected chi connectivity index (χ0v) is 19.2. The number of nitro benzene ring substituents is 1. The maximum absolute atomic E-state index is 13.3. The van der Waals surface area contributed by atoms with Gasteiger partial charge in [-0.2, -0.15) is 17.5 Å². The highest BCUT2D eigenvalue weighted by Gasteiger charge is 2.33. The molecular weight excluding hydrogens is 473 g/mol. The van der Waals surface area contributed by atoms with Gasteiger partial charge in [-0.15, -0.1) is 0 Å². The minimum atomic E-state index is -4.37. The summed E-state index contributed by atoms with van der Waals surface area (Å²) in [5.74, 6) is 0. The summed E-state index contributed by atoms with van der Waals surface area (Å²) < 4.78 is 66.2. The van der Waals surface area contributed by atoms with Gasteiger partial charge in [-0.3, -0.25) is 15.0 Å². The van der Waals surface area contributed by atoms with E-state index in [1.54, 1.807) is 0 Å². The molecule has 0 amide bonds. The van der Waals surface area contributed by atoms with Crippen LogP contribution in [-0.4, -0.2) is 61.8 Å². The molecule has 4 rings (SSSR count). The highest BCUT2D eigenvalue weighted by atomic mass is 32.2. The van der Waals surface area contributed by atoms with E-state index in [1.165, 1.54) is 28.6 Å². The van der Waals surface area contributed by atoms with Crippen molar-refractivity contribution in [2.24, 2.45) is 0 Å². The Morgan fingerprint density at radius 2 is 1.53 bits per heavy atom. The highest BCUT2D eigenvalue weighted by molar-refractivity contribution is 7.89. The Balaban J connectivity index is 1.49. The van der Waals surface area contributed by atoms with Crippen LogP contribution in [0.3, 0.4) is 0 Å². The van der Waals surface area contributed by atoms with Gasteiger partial charge in [0.2, 0.25) is 10.0 Å². The van der Waals surface area contributed by atoms with Crippen LogP contribution >= 0.6 is 0 Å². The van der Waals surface area contributed by atoms with E-state index in [0.717, 1.165) is 36.6 Å². The number of non-ortho nitro benzene ring substituents is 1. The zero-order valence-electron chi connectivity index (χ0n) is 18.4. The Labute approximate surface area is 195 Å². The quantitative estimate of drug-likeness (QED) is 0.446. The molecule has 0 spiro atoms. The molecule has 0 N–H and O–H groups in total. The van der Waals surface area contributed by atoms with Crippen LogP contribution in [0.15, 0.2) is 47.4 Å². The second-order valence-electron chi connectivity index (χ2n) is 8.48. The second kappa shape index (κ2) is 9.51. The maximum Gasteiger partial charge on any atom is 0.416 e. The molecular formula is C22H25F3N4O4S. The Bertz CT molecular complexity index is 1140. The van der Waals surface area contributed by atoms with E-state index in [0.29, 0.717) is 51.5 Å². The van der Waals surface area contributed by atoms with Crippen LogP contribution in [0.2, 0.25) is 0 Å². The Hall–Kier alpha value is -2.70. The summed E-state index contributed by atoms with van der Waals surface area (Å²) in [6.07, 6.45) is -2.86. The molecule has 0 bridgehead atoms. The summed E-state index contributed by atoms with van der Waals surface area (Å²) in [5, 5.41) is 11.3. The smallest absolute Gasteiger partial charge is 0.368 e. The molecule has 2 saturated heterocycles. The molecule has 34 heavy (non-hydrogen) atoms. The minimum absolute atomic E-state index is 0.0558. The number of anilines is 1. The normalized spacial score (nSPS) is 18.4. The third kappa shape index (κ3) is 5.18. The van der Waals surface area contributed by atoms with Crippen molar-refractivity contribution in [1.82, 2.24) is 9.21 Å². The molecule has 2 aliphatic rings. The summed E-state index contributed by atoms with van der Waals surface area (Å²) in [4.78, 5) is 14.6. The molecule has 8 nitrogen and oxygen atoms in total. The molecule has 0 saturated carbocycles. The number of alkyl halides is 3. The van der Waals surface area contributed by atoms with Crippen LogP contribution in [0.4, 0.5) is 24.5 Å². The predicted molar refractivity (Wildman–Crippen MR) is 120 cm³/mol. The first-order valence-electron chi connectivity index (χ1n) is 11.0. The van der Waals surface area contributed by atoms with Crippen molar-refractivity contribution in [3.05, 3.63) is 63.7 Å². The fraction of sp³-hybridized carbons (Fsp3) is 0.455. The number of nitro groups is 1. The van der Waals surface area contributed by atoms with E-state index in [2.05, 4.69) is 4.90 Å². The number of halogens is 3. The lowest BCUT2D eigenvalue weighted by Gasteiger charge is -2.37. The van der Waals surface area contributed by atoms with Crippen molar-refractivity contribution in [2.75, 3.05) is 44.2 Å². The molecule has 2 heterocycles. The van der Waals surface area contributed by atoms with Crippen molar-refractivity contribution < 1.29 is 26.5 Å². The molecule has 0 unspecified atom stereocenters. The van der Waals surface area contributed by atoms with Crippen molar-refractivity contribution in [2.45, 2.75) is 30.5 Å². The van der Waals surface area contributed by atoms with Gasteiger partial charge in [0, 0.05) is 57.9 Å². The first-order chi connectivity index (χ1) is 16.1. The number of hydrogen-bond acceptors (Lipinski definition) is 6. The van der Waals surface area contributed by atoms with Crippen LogP contribution in [0.25, 0.3) is 0 Å². The first kappa shape index (κ1) is 24.4. The van der Waals surface area contributed by atoms with Gasteiger partial charge < -0.3 is 4.90 Å². The predicted octanol–water partition coefficient (Wildman–Crippen LogP) is 3.72. The fourth-order valence-electron chi connectivity index (χ4n) is 4.36. The standard InChI is InChI=1S/C22H25F3N4O4S/c23-22(24,25)18-5-3-17(4-6-18)16-26-11-13-27(14-12-26)20-8-7-19(29(30)31)15-21(20)34(32,33)28-9-1-2-10-28/h3-8,15H,1-2,9-14,16H2. The molecule has 0 atom stereocenters. The third-order valence-electron chi connectivity index (χ3n) is 6.24. The minimum Gasteiger partial charge on any atom is -0.368 e. The lowest BCUT2D eigenvalue weighted by Crippen LogP contribution is -2.46. The average Bonchev–Trinajstić information content (AvgIpc) is 3.35. The molecule has 2 aromatic rings. The fourth-order valence-corrected chi connectivity index (χ4v) is 6.10. The van der Waals surface area contributed by atoms with Crippen LogP contribution in [0.1, 0.15) is 24.0 Å². The molecule has 184 valence electrons. The molecule has 0 radical (unpaired) electrons. The van der Waals surface area contributed by atoms with Crippen molar-refractivity contribution in [1.29, 1.82) is 0 Å². The van der Waals surface area contributed by atoms with Gasteiger partial charge in [0.1, 0.15) is 4.90 Å². The lowest BCUT2D eigenvalue weighted by molar-refractivity contribution is -0.385. The van der Waals surface area contributed by atoms with E-state index in [-0.39, 0.29) is 10.6 Å². The maximum atomic E-state index is 13.3. The number of piperazine rings is 1. The lowest BCUT2D eigenvalue weighted by atomic mass is 10.1. The SMILES string of the molecule is O=[N+]([O-])c1ccc(N2CCN(Cc3ccc(C(F)(F)F)cc3)CC2)c(S(=O)(=O)N2CCCC2)c1. The van der Waals surface area contributed by atoms with Gasteiger partial charge in [0.25, 0.3) is 5.69 Å². The van der Waals surface area contributed by atoms with Gasteiger partial charge in [0.15, 0.2) is 0 Å². The molecule has 0 aromatic heterocycles. The van der Waals surface area contributed by atoms with E-state index >= 15 is 0 Å². The number of hydrogen-bond donors (Lipinski definition) is 0.